The quantitative estimate of drug-likeness (QED) is 0.586. The maximum Gasteiger partial charge on any atom is 0.265 e. The van der Waals surface area contributed by atoms with Crippen LogP contribution >= 0.6 is 11.6 Å². The van der Waals surface area contributed by atoms with Gasteiger partial charge < -0.3 is 0 Å². The van der Waals surface area contributed by atoms with Gasteiger partial charge in [-0.3, -0.25) is 9.56 Å². The smallest absolute Gasteiger partial charge is 0.265 e. The Morgan fingerprint density at radius 1 is 1.04 bits per heavy atom. The van der Waals surface area contributed by atoms with Crippen molar-refractivity contribution < 1.29 is 17.6 Å². The highest BCUT2D eigenvalue weighted by Crippen LogP contribution is 2.37. The Kier molecular flexibility index (Phi) is 4.22. The van der Waals surface area contributed by atoms with Crippen LogP contribution in [-0.2, 0) is 6.54 Å². The molecule has 0 unspecified atom stereocenters. The van der Waals surface area contributed by atoms with Crippen molar-refractivity contribution in [3.05, 3.63) is 75.3 Å². The summed E-state index contributed by atoms with van der Waals surface area (Å²) < 4.78 is 57.3. The van der Waals surface area contributed by atoms with Crippen molar-refractivity contribution in [3.63, 3.8) is 0 Å². The summed E-state index contributed by atoms with van der Waals surface area (Å²) in [6, 6.07) is 5.93. The molecule has 4 rings (SSSR count). The molecule has 3 aromatic rings. The number of rotatable bonds is 2. The largest absolute Gasteiger partial charge is 0.281 e. The highest BCUT2D eigenvalue weighted by molar-refractivity contribution is 6.37. The number of aliphatic imine (C=N–C) groups is 1. The second kappa shape index (κ2) is 6.45. The lowest BCUT2D eigenvalue weighted by Crippen LogP contribution is -2.13. The first-order chi connectivity index (χ1) is 12.9. The average molecular weight is 395 g/mol. The van der Waals surface area contributed by atoms with Gasteiger partial charge in [0.25, 0.3) is 6.43 Å². The van der Waals surface area contributed by atoms with Gasteiger partial charge in [-0.05, 0) is 31.2 Å². The molecule has 2 heterocycles. The molecule has 27 heavy (non-hydrogen) atoms. The van der Waals surface area contributed by atoms with Crippen LogP contribution in [0.15, 0.2) is 35.3 Å². The van der Waals surface area contributed by atoms with Gasteiger partial charge in [-0.15, -0.1) is 10.2 Å². The van der Waals surface area contributed by atoms with Crippen LogP contribution in [0.25, 0.3) is 5.69 Å². The van der Waals surface area contributed by atoms with E-state index in [1.165, 1.54) is 18.2 Å². The van der Waals surface area contributed by atoms with Crippen LogP contribution in [0.1, 0.15) is 34.8 Å². The van der Waals surface area contributed by atoms with E-state index in [4.69, 9.17) is 11.6 Å². The number of benzene rings is 2. The Morgan fingerprint density at radius 3 is 2.41 bits per heavy atom. The lowest BCUT2D eigenvalue weighted by atomic mass is 9.97. The lowest BCUT2D eigenvalue weighted by Gasteiger charge is -2.17. The molecule has 0 fully saturated rings. The molecule has 0 atom stereocenters. The molecule has 9 heteroatoms. The molecule has 0 N–H and O–H groups in total. The van der Waals surface area contributed by atoms with Gasteiger partial charge in [0.2, 0.25) is 0 Å². The van der Waals surface area contributed by atoms with Crippen LogP contribution in [0.4, 0.5) is 17.6 Å². The van der Waals surface area contributed by atoms with E-state index in [9.17, 15) is 17.6 Å². The SMILES string of the molecule is Cc1nnc2n1-c1ccc(C(F)F)c(Cl)c1C(c1c(F)cccc1F)=NC2. The van der Waals surface area contributed by atoms with E-state index in [-0.39, 0.29) is 22.8 Å². The Morgan fingerprint density at radius 2 is 1.74 bits per heavy atom. The maximum absolute atomic E-state index is 14.4. The topological polar surface area (TPSA) is 43.1 Å². The Bertz CT molecular complexity index is 1070. The first-order valence-electron chi connectivity index (χ1n) is 7.91. The van der Waals surface area contributed by atoms with Gasteiger partial charge >= 0.3 is 0 Å². The second-order valence-electron chi connectivity index (χ2n) is 5.92. The number of hydrogen-bond donors (Lipinski definition) is 0. The summed E-state index contributed by atoms with van der Waals surface area (Å²) in [5, 5.41) is 7.65. The van der Waals surface area contributed by atoms with Crippen molar-refractivity contribution in [1.29, 1.82) is 0 Å². The van der Waals surface area contributed by atoms with Gasteiger partial charge in [-0.1, -0.05) is 17.7 Å². The van der Waals surface area contributed by atoms with E-state index in [1.807, 2.05) is 0 Å². The summed E-state index contributed by atoms with van der Waals surface area (Å²) in [6.45, 7) is 1.63. The van der Waals surface area contributed by atoms with E-state index >= 15 is 0 Å². The van der Waals surface area contributed by atoms with Crippen molar-refractivity contribution in [2.24, 2.45) is 4.99 Å². The number of fused-ring (bicyclic) bond motifs is 3. The molecule has 1 aliphatic rings. The molecule has 0 spiro atoms. The lowest BCUT2D eigenvalue weighted by molar-refractivity contribution is 0.151. The van der Waals surface area contributed by atoms with Crippen molar-refractivity contribution in [2.75, 3.05) is 0 Å². The summed E-state index contributed by atoms with van der Waals surface area (Å²) in [4.78, 5) is 4.26. The van der Waals surface area contributed by atoms with E-state index in [0.717, 1.165) is 12.1 Å². The highest BCUT2D eigenvalue weighted by atomic mass is 35.5. The van der Waals surface area contributed by atoms with Gasteiger partial charge in [0.1, 0.15) is 24.0 Å². The first-order valence-corrected chi connectivity index (χ1v) is 8.29. The minimum atomic E-state index is -2.86. The third kappa shape index (κ3) is 2.71. The predicted octanol–water partition coefficient (Wildman–Crippen LogP) is 4.80. The Balaban J connectivity index is 2.10. The fourth-order valence-electron chi connectivity index (χ4n) is 3.14. The average Bonchev–Trinajstić information content (AvgIpc) is 2.89. The minimum absolute atomic E-state index is 0.0140. The van der Waals surface area contributed by atoms with Crippen LogP contribution < -0.4 is 0 Å². The standard InChI is InChI=1S/C18H11ClF4N4/c1-8-25-26-13-7-24-17(14-10(20)3-2-4-11(14)21)15-12(27(8)13)6-5-9(16(15)19)18(22)23/h2-6,18H,7H2,1H3. The zero-order valence-corrected chi connectivity index (χ0v) is 14.6. The summed E-state index contributed by atoms with van der Waals surface area (Å²) in [5.74, 6) is -0.862. The summed E-state index contributed by atoms with van der Waals surface area (Å²) in [5.41, 5.74) is -0.670. The molecule has 4 nitrogen and oxygen atoms in total. The Hall–Kier alpha value is -2.74. The normalized spacial score (nSPS) is 13.2. The van der Waals surface area contributed by atoms with Gasteiger partial charge in [0.15, 0.2) is 5.82 Å². The molecule has 1 aliphatic heterocycles. The van der Waals surface area contributed by atoms with Gasteiger partial charge in [0, 0.05) is 11.1 Å². The summed E-state index contributed by atoms with van der Waals surface area (Å²) >= 11 is 6.27. The number of halogens is 5. The second-order valence-corrected chi connectivity index (χ2v) is 6.30. The van der Waals surface area contributed by atoms with Crippen LogP contribution in [0.3, 0.4) is 0 Å². The van der Waals surface area contributed by atoms with Gasteiger partial charge in [-0.25, -0.2) is 17.6 Å². The van der Waals surface area contributed by atoms with Crippen LogP contribution in [-0.4, -0.2) is 20.5 Å². The van der Waals surface area contributed by atoms with E-state index in [0.29, 0.717) is 17.3 Å². The van der Waals surface area contributed by atoms with Crippen LogP contribution in [0, 0.1) is 18.6 Å². The fraction of sp³-hybridized carbons (Fsp3) is 0.167. The van der Waals surface area contributed by atoms with Crippen LogP contribution in [0.2, 0.25) is 5.02 Å². The van der Waals surface area contributed by atoms with Crippen molar-refractivity contribution in [3.8, 4) is 5.69 Å². The van der Waals surface area contributed by atoms with E-state index < -0.39 is 29.2 Å². The third-order valence-corrected chi connectivity index (χ3v) is 4.74. The number of aryl methyl sites for hydroxylation is 1. The monoisotopic (exact) mass is 394 g/mol. The first kappa shape index (κ1) is 17.7. The van der Waals surface area contributed by atoms with E-state index in [1.54, 1.807) is 11.5 Å². The molecule has 0 saturated heterocycles. The molecular weight excluding hydrogens is 384 g/mol. The van der Waals surface area contributed by atoms with Crippen LogP contribution in [0.5, 0.6) is 0 Å². The molecule has 2 aromatic carbocycles. The number of nitrogens with zero attached hydrogens (tertiary/aromatic N) is 4. The zero-order valence-electron chi connectivity index (χ0n) is 13.8. The van der Waals surface area contributed by atoms with Gasteiger partial charge in [-0.2, -0.15) is 0 Å². The molecule has 1 aromatic heterocycles. The Labute approximate surface area is 156 Å². The highest BCUT2D eigenvalue weighted by Gasteiger charge is 2.29. The predicted molar refractivity (Wildman–Crippen MR) is 91.8 cm³/mol. The molecule has 0 bridgehead atoms. The zero-order chi connectivity index (χ0) is 19.3. The molecule has 138 valence electrons. The molecule has 0 amide bonds. The molecule has 0 saturated carbocycles. The summed E-state index contributed by atoms with van der Waals surface area (Å²) in [7, 11) is 0. The number of aromatic nitrogens is 3. The third-order valence-electron chi connectivity index (χ3n) is 4.33. The van der Waals surface area contributed by atoms with E-state index in [2.05, 4.69) is 15.2 Å². The van der Waals surface area contributed by atoms with Gasteiger partial charge in [0.05, 0.1) is 22.0 Å². The molecule has 0 aliphatic carbocycles. The van der Waals surface area contributed by atoms with Crippen molar-refractivity contribution >= 4 is 17.3 Å². The molecule has 0 radical (unpaired) electrons. The summed E-state index contributed by atoms with van der Waals surface area (Å²) in [6.07, 6.45) is -2.86. The maximum atomic E-state index is 14.4. The minimum Gasteiger partial charge on any atom is -0.281 e. The molecular formula is C18H11ClF4N4. The van der Waals surface area contributed by atoms with Crippen molar-refractivity contribution in [1.82, 2.24) is 14.8 Å². The fourth-order valence-corrected chi connectivity index (χ4v) is 3.47. The number of hydrogen-bond acceptors (Lipinski definition) is 3. The van der Waals surface area contributed by atoms with Crippen molar-refractivity contribution in [2.45, 2.75) is 19.9 Å². The number of alkyl halides is 2.